The SMILES string of the molecule is CC(C)=C[C@@H]1[C@@H](C(=O)N[C@H](C)c2cccc(NS(C)(=O)=O)c2)C1(C)C. The molecule has 3 atom stereocenters. The monoisotopic (exact) mass is 364 g/mol. The highest BCUT2D eigenvalue weighted by molar-refractivity contribution is 7.92. The molecular weight excluding hydrogens is 336 g/mol. The van der Waals surface area contributed by atoms with Gasteiger partial charge in [0, 0.05) is 5.69 Å². The van der Waals surface area contributed by atoms with Crippen LogP contribution in [0, 0.1) is 17.3 Å². The number of amides is 1. The lowest BCUT2D eigenvalue weighted by molar-refractivity contribution is -0.123. The van der Waals surface area contributed by atoms with Gasteiger partial charge in [-0.1, -0.05) is 37.6 Å². The van der Waals surface area contributed by atoms with Gasteiger partial charge in [-0.25, -0.2) is 8.42 Å². The molecule has 2 N–H and O–H groups in total. The Morgan fingerprint density at radius 3 is 2.48 bits per heavy atom. The van der Waals surface area contributed by atoms with Crippen LogP contribution in [0.1, 0.15) is 46.2 Å². The van der Waals surface area contributed by atoms with Gasteiger partial charge in [-0.3, -0.25) is 9.52 Å². The molecule has 0 aliphatic heterocycles. The number of hydrogen-bond acceptors (Lipinski definition) is 3. The Balaban J connectivity index is 2.07. The van der Waals surface area contributed by atoms with E-state index in [1.54, 1.807) is 18.2 Å². The quantitative estimate of drug-likeness (QED) is 0.759. The highest BCUT2D eigenvalue weighted by atomic mass is 32.2. The van der Waals surface area contributed by atoms with Crippen LogP contribution in [0.25, 0.3) is 0 Å². The van der Waals surface area contributed by atoms with Gasteiger partial charge in [0.05, 0.1) is 18.2 Å². The van der Waals surface area contributed by atoms with E-state index in [0.717, 1.165) is 11.8 Å². The maximum absolute atomic E-state index is 12.7. The predicted molar refractivity (Wildman–Crippen MR) is 102 cm³/mol. The van der Waals surface area contributed by atoms with Crippen molar-refractivity contribution in [3.63, 3.8) is 0 Å². The first-order valence-electron chi connectivity index (χ1n) is 8.45. The maximum Gasteiger partial charge on any atom is 0.229 e. The van der Waals surface area contributed by atoms with Crippen LogP contribution in [0.4, 0.5) is 5.69 Å². The number of carbonyl (C=O) groups is 1. The predicted octanol–water partition coefficient (Wildman–Crippen LogP) is 3.47. The summed E-state index contributed by atoms with van der Waals surface area (Å²) in [7, 11) is -3.32. The molecule has 0 saturated heterocycles. The van der Waals surface area contributed by atoms with Gasteiger partial charge in [0.1, 0.15) is 0 Å². The maximum atomic E-state index is 12.7. The molecule has 0 heterocycles. The molecule has 25 heavy (non-hydrogen) atoms. The molecule has 1 aliphatic carbocycles. The number of hydrogen-bond donors (Lipinski definition) is 2. The number of sulfonamides is 1. The summed E-state index contributed by atoms with van der Waals surface area (Å²) in [5.41, 5.74) is 2.55. The van der Waals surface area contributed by atoms with Crippen molar-refractivity contribution in [2.24, 2.45) is 17.3 Å². The van der Waals surface area contributed by atoms with E-state index in [2.05, 4.69) is 30.0 Å². The fourth-order valence-corrected chi connectivity index (χ4v) is 3.88. The van der Waals surface area contributed by atoms with Crippen LogP contribution in [-0.2, 0) is 14.8 Å². The van der Waals surface area contributed by atoms with E-state index in [9.17, 15) is 13.2 Å². The average Bonchev–Trinajstić information content (AvgIpc) is 2.97. The van der Waals surface area contributed by atoms with Gasteiger partial charge in [-0.15, -0.1) is 0 Å². The lowest BCUT2D eigenvalue weighted by atomic mass is 10.1. The minimum absolute atomic E-state index is 0.0258. The topological polar surface area (TPSA) is 75.3 Å². The van der Waals surface area contributed by atoms with Gasteiger partial charge in [0.25, 0.3) is 0 Å². The van der Waals surface area contributed by atoms with Crippen LogP contribution in [0.5, 0.6) is 0 Å². The third-order valence-corrected chi connectivity index (χ3v) is 5.36. The Hall–Kier alpha value is -1.82. The molecule has 2 rings (SSSR count). The molecule has 0 aromatic heterocycles. The fraction of sp³-hybridized carbons (Fsp3) is 0.526. The second-order valence-electron chi connectivity index (χ2n) is 7.80. The molecule has 1 saturated carbocycles. The molecule has 1 amide bonds. The standard InChI is InChI=1S/C19H28N2O3S/c1-12(2)10-16-17(19(16,4)5)18(22)20-13(3)14-8-7-9-15(11-14)21-25(6,23)24/h7-11,13,16-17,21H,1-6H3,(H,20,22)/t13-,16-,17+/m1/s1. The molecule has 138 valence electrons. The molecular formula is C19H28N2O3S. The van der Waals surface area contributed by atoms with Crippen LogP contribution >= 0.6 is 0 Å². The van der Waals surface area contributed by atoms with Gasteiger partial charge in [-0.2, -0.15) is 0 Å². The Labute approximate surface area is 151 Å². The van der Waals surface area contributed by atoms with Crippen LogP contribution in [0.3, 0.4) is 0 Å². The first-order chi connectivity index (χ1) is 11.4. The zero-order chi connectivity index (χ0) is 19.0. The van der Waals surface area contributed by atoms with E-state index in [1.165, 1.54) is 5.57 Å². The summed E-state index contributed by atoms with van der Waals surface area (Å²) in [4.78, 5) is 12.7. The number of allylic oxidation sites excluding steroid dienone is 2. The van der Waals surface area contributed by atoms with Gasteiger partial charge < -0.3 is 5.32 Å². The van der Waals surface area contributed by atoms with Crippen molar-refractivity contribution >= 4 is 21.6 Å². The minimum Gasteiger partial charge on any atom is -0.349 e. The molecule has 1 aromatic rings. The molecule has 0 bridgehead atoms. The van der Waals surface area contributed by atoms with E-state index < -0.39 is 10.0 Å². The van der Waals surface area contributed by atoms with Crippen molar-refractivity contribution in [1.82, 2.24) is 5.32 Å². The highest BCUT2D eigenvalue weighted by Gasteiger charge is 2.60. The van der Waals surface area contributed by atoms with E-state index >= 15 is 0 Å². The van der Waals surface area contributed by atoms with E-state index in [1.807, 2.05) is 26.8 Å². The number of anilines is 1. The molecule has 0 radical (unpaired) electrons. The molecule has 5 nitrogen and oxygen atoms in total. The van der Waals surface area contributed by atoms with Crippen LogP contribution < -0.4 is 10.0 Å². The lowest BCUT2D eigenvalue weighted by Crippen LogP contribution is -2.29. The van der Waals surface area contributed by atoms with Crippen LogP contribution in [-0.4, -0.2) is 20.6 Å². The van der Waals surface area contributed by atoms with Crippen molar-refractivity contribution in [1.29, 1.82) is 0 Å². The Morgan fingerprint density at radius 2 is 1.92 bits per heavy atom. The van der Waals surface area contributed by atoms with Crippen LogP contribution in [0.2, 0.25) is 0 Å². The largest absolute Gasteiger partial charge is 0.349 e. The second-order valence-corrected chi connectivity index (χ2v) is 9.55. The van der Waals surface area contributed by atoms with Crippen LogP contribution in [0.15, 0.2) is 35.9 Å². The Kier molecular flexibility index (Phi) is 5.33. The van der Waals surface area contributed by atoms with E-state index in [-0.39, 0.29) is 29.2 Å². The summed E-state index contributed by atoms with van der Waals surface area (Å²) in [6.45, 7) is 10.2. The van der Waals surface area contributed by atoms with Crippen molar-refractivity contribution < 1.29 is 13.2 Å². The van der Waals surface area contributed by atoms with Crippen molar-refractivity contribution in [3.05, 3.63) is 41.5 Å². The summed E-state index contributed by atoms with van der Waals surface area (Å²) >= 11 is 0. The second kappa shape index (κ2) is 6.83. The minimum atomic E-state index is -3.32. The first kappa shape index (κ1) is 19.5. The smallest absolute Gasteiger partial charge is 0.229 e. The summed E-state index contributed by atoms with van der Waals surface area (Å²) in [5, 5.41) is 3.06. The first-order valence-corrected chi connectivity index (χ1v) is 10.3. The Morgan fingerprint density at radius 1 is 1.28 bits per heavy atom. The van der Waals surface area contributed by atoms with Crippen molar-refractivity contribution in [2.45, 2.75) is 40.7 Å². The molecule has 1 aromatic carbocycles. The van der Waals surface area contributed by atoms with Crippen molar-refractivity contribution in [3.8, 4) is 0 Å². The molecule has 6 heteroatoms. The normalized spacial score (nSPS) is 22.6. The zero-order valence-electron chi connectivity index (χ0n) is 15.8. The third-order valence-electron chi connectivity index (χ3n) is 4.75. The van der Waals surface area contributed by atoms with Gasteiger partial charge in [-0.05, 0) is 49.8 Å². The lowest BCUT2D eigenvalue weighted by Gasteiger charge is -2.16. The number of rotatable bonds is 6. The number of nitrogens with one attached hydrogen (secondary N) is 2. The summed E-state index contributed by atoms with van der Waals surface area (Å²) in [6.07, 6.45) is 3.29. The summed E-state index contributed by atoms with van der Waals surface area (Å²) in [6, 6.07) is 6.89. The van der Waals surface area contributed by atoms with Gasteiger partial charge in [0.2, 0.25) is 15.9 Å². The molecule has 1 fully saturated rings. The fourth-order valence-electron chi connectivity index (χ4n) is 3.32. The molecule has 0 spiro atoms. The summed E-state index contributed by atoms with van der Waals surface area (Å²) in [5.74, 6) is 0.284. The van der Waals surface area contributed by atoms with E-state index in [4.69, 9.17) is 0 Å². The highest BCUT2D eigenvalue weighted by Crippen LogP contribution is 2.59. The van der Waals surface area contributed by atoms with E-state index in [0.29, 0.717) is 5.69 Å². The summed E-state index contributed by atoms with van der Waals surface area (Å²) < 4.78 is 25.2. The molecule has 0 unspecified atom stereocenters. The average molecular weight is 365 g/mol. The van der Waals surface area contributed by atoms with Crippen molar-refractivity contribution in [2.75, 3.05) is 11.0 Å². The zero-order valence-corrected chi connectivity index (χ0v) is 16.6. The van der Waals surface area contributed by atoms with Gasteiger partial charge in [0.15, 0.2) is 0 Å². The third kappa shape index (κ3) is 4.84. The number of benzene rings is 1. The molecule has 1 aliphatic rings. The Bertz CT molecular complexity index is 793. The van der Waals surface area contributed by atoms with Gasteiger partial charge >= 0.3 is 0 Å². The number of carbonyl (C=O) groups excluding carboxylic acids is 1.